The first kappa shape index (κ1) is 17.7. The van der Waals surface area contributed by atoms with Gasteiger partial charge in [-0.1, -0.05) is 12.1 Å². The van der Waals surface area contributed by atoms with Gasteiger partial charge in [-0.3, -0.25) is 4.68 Å². The molecular weight excluding hydrogens is 306 g/mol. The number of rotatable bonds is 7. The van der Waals surface area contributed by atoms with E-state index in [4.69, 9.17) is 9.47 Å². The summed E-state index contributed by atoms with van der Waals surface area (Å²) in [6.45, 7) is 3.96. The van der Waals surface area contributed by atoms with E-state index in [0.717, 1.165) is 23.8 Å². The number of nitrogens with zero attached hydrogens (tertiary/aromatic N) is 3. The molecule has 0 aliphatic heterocycles. The van der Waals surface area contributed by atoms with Crippen molar-refractivity contribution >= 4 is 5.96 Å². The summed E-state index contributed by atoms with van der Waals surface area (Å²) in [7, 11) is 5.18. The van der Waals surface area contributed by atoms with E-state index in [1.165, 1.54) is 0 Å². The number of aliphatic imine (C=N–C) groups is 1. The van der Waals surface area contributed by atoms with Crippen molar-refractivity contribution in [3.05, 3.63) is 41.7 Å². The summed E-state index contributed by atoms with van der Waals surface area (Å²) in [4.78, 5) is 4.63. The molecule has 7 heteroatoms. The Kier molecular flexibility index (Phi) is 6.48. The van der Waals surface area contributed by atoms with Crippen LogP contribution in [0.5, 0.6) is 11.5 Å². The van der Waals surface area contributed by atoms with Gasteiger partial charge >= 0.3 is 0 Å². The molecular formula is C17H25N5O2. The van der Waals surface area contributed by atoms with Crippen LogP contribution < -0.4 is 20.1 Å². The first-order valence-electron chi connectivity index (χ1n) is 7.88. The lowest BCUT2D eigenvalue weighted by atomic mass is 10.2. The number of methoxy groups -OCH3 is 2. The molecule has 2 rings (SSSR count). The summed E-state index contributed by atoms with van der Waals surface area (Å²) in [5, 5.41) is 10.7. The summed E-state index contributed by atoms with van der Waals surface area (Å²) in [5.74, 6) is 2.16. The van der Waals surface area contributed by atoms with Crippen molar-refractivity contribution in [1.82, 2.24) is 20.4 Å². The van der Waals surface area contributed by atoms with E-state index in [9.17, 15) is 0 Å². The Morgan fingerprint density at radius 1 is 1.21 bits per heavy atom. The number of benzene rings is 1. The summed E-state index contributed by atoms with van der Waals surface area (Å²) in [6.07, 6.45) is 1.78. The zero-order valence-corrected chi connectivity index (χ0v) is 14.7. The number of aryl methyl sites for hydroxylation is 1. The number of ether oxygens (including phenoxy) is 2. The zero-order valence-electron chi connectivity index (χ0n) is 14.7. The van der Waals surface area contributed by atoms with Gasteiger partial charge in [0.15, 0.2) is 17.5 Å². The van der Waals surface area contributed by atoms with Crippen molar-refractivity contribution in [2.24, 2.45) is 12.0 Å². The van der Waals surface area contributed by atoms with E-state index in [-0.39, 0.29) is 0 Å². The van der Waals surface area contributed by atoms with Crippen molar-refractivity contribution in [3.8, 4) is 11.5 Å². The highest BCUT2D eigenvalue weighted by Crippen LogP contribution is 2.30. The zero-order chi connectivity index (χ0) is 17.4. The average molecular weight is 331 g/mol. The molecule has 0 amide bonds. The van der Waals surface area contributed by atoms with Gasteiger partial charge in [0.1, 0.15) is 0 Å². The highest BCUT2D eigenvalue weighted by Gasteiger charge is 2.09. The molecule has 0 aliphatic carbocycles. The van der Waals surface area contributed by atoms with Gasteiger partial charge in [-0.2, -0.15) is 5.10 Å². The van der Waals surface area contributed by atoms with Crippen LogP contribution in [0.2, 0.25) is 0 Å². The Morgan fingerprint density at radius 2 is 2.04 bits per heavy atom. The molecule has 0 spiro atoms. The fraction of sp³-hybridized carbons (Fsp3) is 0.412. The molecule has 130 valence electrons. The van der Waals surface area contributed by atoms with Crippen LogP contribution in [0, 0.1) is 0 Å². The van der Waals surface area contributed by atoms with Crippen LogP contribution in [0.1, 0.15) is 18.2 Å². The standard InChI is InChI=1S/C17H25N5O2/c1-5-18-17(20-12-14-9-10-21-22(14)2)19-11-13-7-6-8-15(23-3)16(13)24-4/h6-10H,5,11-12H2,1-4H3,(H2,18,19,20). The largest absolute Gasteiger partial charge is 0.493 e. The van der Waals surface area contributed by atoms with Gasteiger partial charge < -0.3 is 20.1 Å². The number of nitrogens with one attached hydrogen (secondary N) is 2. The number of para-hydroxylation sites is 1. The monoisotopic (exact) mass is 331 g/mol. The molecule has 2 N–H and O–H groups in total. The maximum atomic E-state index is 5.45. The summed E-state index contributed by atoms with van der Waals surface area (Å²) in [6, 6.07) is 7.76. The smallest absolute Gasteiger partial charge is 0.191 e. The lowest BCUT2D eigenvalue weighted by molar-refractivity contribution is 0.352. The second-order valence-corrected chi connectivity index (χ2v) is 5.15. The van der Waals surface area contributed by atoms with Gasteiger partial charge in [0, 0.05) is 25.4 Å². The van der Waals surface area contributed by atoms with Crippen molar-refractivity contribution < 1.29 is 9.47 Å². The lowest BCUT2D eigenvalue weighted by Crippen LogP contribution is -2.37. The topological polar surface area (TPSA) is 72.7 Å². The van der Waals surface area contributed by atoms with E-state index >= 15 is 0 Å². The quantitative estimate of drug-likeness (QED) is 0.597. The average Bonchev–Trinajstić information content (AvgIpc) is 3.01. The van der Waals surface area contributed by atoms with E-state index in [0.29, 0.717) is 24.6 Å². The van der Waals surface area contributed by atoms with Crippen molar-refractivity contribution in [2.45, 2.75) is 20.0 Å². The Balaban J connectivity index is 2.09. The fourth-order valence-corrected chi connectivity index (χ4v) is 2.33. The molecule has 0 unspecified atom stereocenters. The first-order chi connectivity index (χ1) is 11.7. The Bertz CT molecular complexity index is 681. The van der Waals surface area contributed by atoms with Crippen molar-refractivity contribution in [1.29, 1.82) is 0 Å². The van der Waals surface area contributed by atoms with Gasteiger partial charge in [0.2, 0.25) is 0 Å². The molecule has 1 aromatic heterocycles. The molecule has 1 heterocycles. The molecule has 0 saturated carbocycles. The molecule has 1 aromatic carbocycles. The minimum atomic E-state index is 0.487. The third-order valence-electron chi connectivity index (χ3n) is 3.60. The van der Waals surface area contributed by atoms with Crippen molar-refractivity contribution in [3.63, 3.8) is 0 Å². The Morgan fingerprint density at radius 3 is 2.67 bits per heavy atom. The lowest BCUT2D eigenvalue weighted by Gasteiger charge is -2.13. The van der Waals surface area contributed by atoms with E-state index in [2.05, 4.69) is 20.7 Å². The predicted molar refractivity (Wildman–Crippen MR) is 94.4 cm³/mol. The molecule has 0 radical (unpaired) electrons. The SMILES string of the molecule is CCNC(=NCc1cccc(OC)c1OC)NCc1ccnn1C. The third kappa shape index (κ3) is 4.41. The number of guanidine groups is 1. The van der Waals surface area contributed by atoms with Gasteiger partial charge in [-0.25, -0.2) is 4.99 Å². The molecule has 0 atom stereocenters. The maximum Gasteiger partial charge on any atom is 0.191 e. The van der Waals surface area contributed by atoms with Crippen molar-refractivity contribution in [2.75, 3.05) is 20.8 Å². The maximum absolute atomic E-state index is 5.45. The second-order valence-electron chi connectivity index (χ2n) is 5.15. The second kappa shape index (κ2) is 8.81. The molecule has 0 aliphatic rings. The van der Waals surface area contributed by atoms with Crippen LogP contribution >= 0.6 is 0 Å². The fourth-order valence-electron chi connectivity index (χ4n) is 2.33. The number of aromatic nitrogens is 2. The molecule has 2 aromatic rings. The minimum Gasteiger partial charge on any atom is -0.493 e. The van der Waals surface area contributed by atoms with E-state index < -0.39 is 0 Å². The van der Waals surface area contributed by atoms with Crippen LogP contribution in [0.25, 0.3) is 0 Å². The van der Waals surface area contributed by atoms with Crippen LogP contribution in [-0.2, 0) is 20.1 Å². The number of hydrogen-bond donors (Lipinski definition) is 2. The van der Waals surface area contributed by atoms with Crippen LogP contribution in [0.4, 0.5) is 0 Å². The van der Waals surface area contributed by atoms with Crippen LogP contribution in [-0.4, -0.2) is 36.5 Å². The normalized spacial score (nSPS) is 11.2. The molecule has 7 nitrogen and oxygen atoms in total. The summed E-state index contributed by atoms with van der Waals surface area (Å²) in [5.41, 5.74) is 2.05. The van der Waals surface area contributed by atoms with Gasteiger partial charge in [0.05, 0.1) is 33.0 Å². The summed E-state index contributed by atoms with van der Waals surface area (Å²) >= 11 is 0. The predicted octanol–water partition coefficient (Wildman–Crippen LogP) is 1.69. The first-order valence-corrected chi connectivity index (χ1v) is 7.88. The minimum absolute atomic E-state index is 0.487. The highest BCUT2D eigenvalue weighted by molar-refractivity contribution is 5.79. The van der Waals surface area contributed by atoms with Crippen LogP contribution in [0.15, 0.2) is 35.5 Å². The third-order valence-corrected chi connectivity index (χ3v) is 3.60. The Labute approximate surface area is 142 Å². The molecule has 0 bridgehead atoms. The van der Waals surface area contributed by atoms with E-state index in [1.54, 1.807) is 20.4 Å². The molecule has 24 heavy (non-hydrogen) atoms. The van der Waals surface area contributed by atoms with Gasteiger partial charge in [-0.05, 0) is 19.1 Å². The van der Waals surface area contributed by atoms with Gasteiger partial charge in [-0.15, -0.1) is 0 Å². The number of hydrogen-bond acceptors (Lipinski definition) is 4. The van der Waals surface area contributed by atoms with E-state index in [1.807, 2.05) is 42.9 Å². The van der Waals surface area contributed by atoms with Gasteiger partial charge in [0.25, 0.3) is 0 Å². The molecule has 0 saturated heterocycles. The van der Waals surface area contributed by atoms with Crippen LogP contribution in [0.3, 0.4) is 0 Å². The highest BCUT2D eigenvalue weighted by atomic mass is 16.5. The Hall–Kier alpha value is -2.70. The molecule has 0 fully saturated rings. The summed E-state index contributed by atoms with van der Waals surface area (Å²) < 4.78 is 12.6.